The second-order valence-electron chi connectivity index (χ2n) is 0. The Morgan fingerprint density at radius 3 is 0.800 bits per heavy atom. The summed E-state index contributed by atoms with van der Waals surface area (Å²) in [5, 5.41) is 0. The molecule has 0 aliphatic heterocycles. The molecule has 5 heteroatoms. The van der Waals surface area contributed by atoms with Gasteiger partial charge in [0.2, 0.25) is 0 Å². The van der Waals surface area contributed by atoms with Crippen LogP contribution in [-0.4, -0.2) is 5.48 Å². The predicted molar refractivity (Wildman–Crippen MR) is 5.84 cm³/mol. The molecule has 0 saturated heterocycles. The van der Waals surface area contributed by atoms with Gasteiger partial charge in [-0.1, -0.05) is 0 Å². The average molecular weight is 282 g/mol. The van der Waals surface area contributed by atoms with Crippen molar-refractivity contribution in [1.82, 2.24) is 0 Å². The van der Waals surface area contributed by atoms with Gasteiger partial charge < -0.3 is 8.33 Å². The third-order valence-corrected chi connectivity index (χ3v) is 0. The Labute approximate surface area is 110 Å². The van der Waals surface area contributed by atoms with Crippen LogP contribution in [0.5, 0.6) is 0 Å². The molecule has 0 fully saturated rings. The smallest absolute Gasteiger partial charge is 1.00 e. The van der Waals surface area contributed by atoms with Crippen molar-refractivity contribution in [3.63, 3.8) is 0 Å². The molecule has 0 rings (SSSR count). The fraction of sp³-hybridized carbons (Fsp3) is 0. The molecule has 0 aromatic heterocycles. The van der Waals surface area contributed by atoms with Crippen LogP contribution in [-0.2, 0) is 44.8 Å². The molecule has 0 aromatic rings. The van der Waals surface area contributed by atoms with Gasteiger partial charge in [0.05, 0.1) is 0 Å². The molecule has 1 nitrogen and oxygen atoms in total. The van der Waals surface area contributed by atoms with E-state index >= 15 is 0 Å². The zero-order chi connectivity index (χ0) is 0. The van der Waals surface area contributed by atoms with Gasteiger partial charge in [-0.15, -0.1) is 0 Å². The standard InChI is InChI=1S/2Ag.2Na.H2O.2H/h;;;;1H2;;/q;;2*+1;;2*-1. The van der Waals surface area contributed by atoms with E-state index in [1.54, 1.807) is 0 Å². The number of rotatable bonds is 0. The minimum absolute atomic E-state index is 0. The van der Waals surface area contributed by atoms with E-state index in [0.29, 0.717) is 0 Å². The van der Waals surface area contributed by atoms with Crippen LogP contribution in [0.15, 0.2) is 0 Å². The summed E-state index contributed by atoms with van der Waals surface area (Å²) in [5.74, 6) is 0. The molecule has 0 spiro atoms. The Morgan fingerprint density at radius 2 is 0.800 bits per heavy atom. The van der Waals surface area contributed by atoms with Crippen molar-refractivity contribution in [3.8, 4) is 0 Å². The minimum atomic E-state index is 0. The van der Waals surface area contributed by atoms with Gasteiger partial charge in [0, 0.05) is 44.8 Å². The Bertz CT molecular complexity index is 13.7. The van der Waals surface area contributed by atoms with Crippen LogP contribution in [0.2, 0.25) is 0 Å². The monoisotopic (exact) mass is 280 g/mol. The number of hydrogen-bond acceptors (Lipinski definition) is 0. The van der Waals surface area contributed by atoms with Crippen LogP contribution in [0.1, 0.15) is 2.85 Å². The summed E-state index contributed by atoms with van der Waals surface area (Å²) in [6.07, 6.45) is 0. The van der Waals surface area contributed by atoms with E-state index in [9.17, 15) is 0 Å². The molecule has 2 N–H and O–H groups in total. The molecule has 0 aliphatic rings. The van der Waals surface area contributed by atoms with Gasteiger partial charge in [0.15, 0.2) is 0 Å². The van der Waals surface area contributed by atoms with Crippen LogP contribution in [0, 0.1) is 0 Å². The normalized spacial score (nSPS) is 0. The Morgan fingerprint density at radius 1 is 0.800 bits per heavy atom. The maximum absolute atomic E-state index is 0. The predicted octanol–water partition coefficient (Wildman–Crippen LogP) is -6.60. The van der Waals surface area contributed by atoms with Gasteiger partial charge in [-0.3, -0.25) is 0 Å². The minimum Gasteiger partial charge on any atom is -1.00 e. The van der Waals surface area contributed by atoms with E-state index in [-0.39, 0.29) is 112 Å². The first-order chi connectivity index (χ1) is 0. The summed E-state index contributed by atoms with van der Waals surface area (Å²) in [7, 11) is 0. The first kappa shape index (κ1) is 39.5. The topological polar surface area (TPSA) is 31.5 Å². The van der Waals surface area contributed by atoms with E-state index in [1.165, 1.54) is 0 Å². The van der Waals surface area contributed by atoms with Gasteiger partial charge >= 0.3 is 59.1 Å². The zero-order valence-electron chi connectivity index (χ0n) is 5.10. The van der Waals surface area contributed by atoms with Crippen molar-refractivity contribution in [1.29, 1.82) is 0 Å². The summed E-state index contributed by atoms with van der Waals surface area (Å²) in [5.41, 5.74) is 0. The maximum Gasteiger partial charge on any atom is 1.00 e. The summed E-state index contributed by atoms with van der Waals surface area (Å²) in [6.45, 7) is 0. The third-order valence-electron chi connectivity index (χ3n) is 0. The molecule has 0 aliphatic carbocycles. The SMILES string of the molecule is O.[Ag].[Ag].[H-].[H-].[Na+].[Na+]. The molecule has 5 heavy (non-hydrogen) atoms. The molecule has 0 amide bonds. The first-order valence-electron chi connectivity index (χ1n) is 0. The Kier molecular flexibility index (Phi) is 206. The summed E-state index contributed by atoms with van der Waals surface area (Å²) >= 11 is 0. The van der Waals surface area contributed by atoms with Crippen LogP contribution >= 0.6 is 0 Å². The first-order valence-corrected chi connectivity index (χ1v) is 0. The Hall–Kier alpha value is 3.44. The maximum atomic E-state index is 0. The Balaban J connectivity index is 0. The van der Waals surface area contributed by atoms with E-state index in [4.69, 9.17) is 0 Å². The molecule has 0 heterocycles. The van der Waals surface area contributed by atoms with Crippen molar-refractivity contribution in [3.05, 3.63) is 0 Å². The molecule has 0 atom stereocenters. The molecule has 0 saturated carbocycles. The fourth-order valence-electron chi connectivity index (χ4n) is 0. The van der Waals surface area contributed by atoms with Gasteiger partial charge in [-0.25, -0.2) is 0 Å². The second-order valence-corrected chi connectivity index (χ2v) is 0. The second kappa shape index (κ2) is 26.1. The molecule has 34 valence electrons. The van der Waals surface area contributed by atoms with E-state index < -0.39 is 0 Å². The molecule has 0 unspecified atom stereocenters. The summed E-state index contributed by atoms with van der Waals surface area (Å²) < 4.78 is 0. The van der Waals surface area contributed by atoms with Crippen molar-refractivity contribution in [2.45, 2.75) is 0 Å². The summed E-state index contributed by atoms with van der Waals surface area (Å²) in [4.78, 5) is 0. The molecule has 0 bridgehead atoms. The van der Waals surface area contributed by atoms with Crippen LogP contribution in [0.4, 0.5) is 0 Å². The molecular weight excluding hydrogens is 278 g/mol. The zero-order valence-corrected chi connectivity index (χ0v) is 10.1. The largest absolute Gasteiger partial charge is 1.00 e. The molecule has 0 aromatic carbocycles. The summed E-state index contributed by atoms with van der Waals surface area (Å²) in [6, 6.07) is 0. The fourth-order valence-corrected chi connectivity index (χ4v) is 0. The van der Waals surface area contributed by atoms with Crippen LogP contribution < -0.4 is 59.1 Å². The quantitative estimate of drug-likeness (QED) is 0.396. The van der Waals surface area contributed by atoms with Gasteiger partial charge in [0.1, 0.15) is 0 Å². The van der Waals surface area contributed by atoms with Crippen LogP contribution in [0.25, 0.3) is 0 Å². The van der Waals surface area contributed by atoms with E-state index in [0.717, 1.165) is 0 Å². The van der Waals surface area contributed by atoms with Gasteiger partial charge in [-0.2, -0.15) is 0 Å². The average Bonchev–Trinajstić information content (AvgIpc) is 0. The number of hydrogen-bond donors (Lipinski definition) is 0. The van der Waals surface area contributed by atoms with E-state index in [1.807, 2.05) is 0 Å². The van der Waals surface area contributed by atoms with Crippen molar-refractivity contribution < 1.29 is 112 Å². The van der Waals surface area contributed by atoms with Crippen molar-refractivity contribution in [2.24, 2.45) is 0 Å². The van der Waals surface area contributed by atoms with Gasteiger partial charge in [-0.05, 0) is 0 Å². The van der Waals surface area contributed by atoms with Gasteiger partial charge in [0.25, 0.3) is 0 Å². The van der Waals surface area contributed by atoms with Crippen molar-refractivity contribution >= 4 is 0 Å². The molecule has 2 radical (unpaired) electrons. The van der Waals surface area contributed by atoms with Crippen molar-refractivity contribution in [2.75, 3.05) is 0 Å². The third kappa shape index (κ3) is 18.6. The van der Waals surface area contributed by atoms with E-state index in [2.05, 4.69) is 0 Å². The molecular formula is H4Ag2Na2O. The van der Waals surface area contributed by atoms with Crippen LogP contribution in [0.3, 0.4) is 0 Å².